The molecule has 1 aliphatic rings. The Morgan fingerprint density at radius 1 is 1.18 bits per heavy atom. The fourth-order valence-electron chi connectivity index (χ4n) is 4.29. The van der Waals surface area contributed by atoms with Crippen LogP contribution in [0.15, 0.2) is 53.6 Å². The number of anilines is 1. The van der Waals surface area contributed by atoms with E-state index in [1.807, 2.05) is 69.4 Å². The van der Waals surface area contributed by atoms with Crippen LogP contribution in [0.25, 0.3) is 10.9 Å². The van der Waals surface area contributed by atoms with E-state index in [0.717, 1.165) is 21.5 Å². The first kappa shape index (κ1) is 24.2. The molecular formula is C26H31N3O4S. The molecule has 0 aliphatic carbocycles. The van der Waals surface area contributed by atoms with E-state index in [1.165, 1.54) is 11.8 Å². The highest BCUT2D eigenvalue weighted by atomic mass is 32.2. The molecule has 8 heteroatoms. The van der Waals surface area contributed by atoms with Gasteiger partial charge in [-0.1, -0.05) is 30.0 Å². The average molecular weight is 482 g/mol. The highest BCUT2D eigenvalue weighted by molar-refractivity contribution is 8.00. The minimum Gasteiger partial charge on any atom is -0.497 e. The molecule has 4 rings (SSSR count). The van der Waals surface area contributed by atoms with Crippen molar-refractivity contribution in [1.29, 1.82) is 0 Å². The first-order valence-electron chi connectivity index (χ1n) is 11.5. The lowest BCUT2D eigenvalue weighted by Crippen LogP contribution is -2.44. The monoisotopic (exact) mass is 481 g/mol. The number of ether oxygens (including phenoxy) is 2. The number of carbonyl (C=O) groups excluding carboxylic acids is 2. The summed E-state index contributed by atoms with van der Waals surface area (Å²) in [6.07, 6.45) is 0.848. The van der Waals surface area contributed by atoms with E-state index < -0.39 is 6.04 Å². The molecule has 1 N–H and O–H groups in total. The molecule has 2 heterocycles. The number of amides is 2. The molecule has 0 unspecified atom stereocenters. The Balaban J connectivity index is 1.76. The number of carbonyl (C=O) groups is 2. The molecule has 2 aromatic carbocycles. The zero-order valence-corrected chi connectivity index (χ0v) is 20.9. The van der Waals surface area contributed by atoms with Gasteiger partial charge in [0.2, 0.25) is 11.8 Å². The Hall–Kier alpha value is -2.97. The van der Waals surface area contributed by atoms with E-state index in [4.69, 9.17) is 9.47 Å². The summed E-state index contributed by atoms with van der Waals surface area (Å²) in [6, 6.07) is 14.5. The van der Waals surface area contributed by atoms with Gasteiger partial charge in [-0.2, -0.15) is 0 Å². The number of nitrogens with zero attached hydrogens (tertiary/aromatic N) is 2. The van der Waals surface area contributed by atoms with Crippen LogP contribution in [0.4, 0.5) is 5.69 Å². The first-order valence-corrected chi connectivity index (χ1v) is 12.5. The fraction of sp³-hybridized carbons (Fsp3) is 0.385. The normalized spacial score (nSPS) is 16.0. The fourth-order valence-corrected chi connectivity index (χ4v) is 5.36. The van der Waals surface area contributed by atoms with Crippen molar-refractivity contribution < 1.29 is 19.1 Å². The standard InChI is InChI=1S/C26H31N3O4S/c1-17(2)33-15-7-14-27-25(31)24-23-20-8-5-6-9-21(20)28(3)26(23)34-16-22(30)29(24)18-10-12-19(32-4)13-11-18/h5-6,8-13,17,24H,7,14-16H2,1-4H3,(H,27,31)/t24-/m1/s1. The van der Waals surface area contributed by atoms with Crippen LogP contribution >= 0.6 is 11.8 Å². The van der Waals surface area contributed by atoms with E-state index >= 15 is 0 Å². The van der Waals surface area contributed by atoms with Gasteiger partial charge in [0, 0.05) is 42.4 Å². The van der Waals surface area contributed by atoms with Gasteiger partial charge in [-0.25, -0.2) is 0 Å². The largest absolute Gasteiger partial charge is 0.497 e. The number of thioether (sulfide) groups is 1. The first-order chi connectivity index (χ1) is 16.4. The number of aryl methyl sites for hydroxylation is 1. The van der Waals surface area contributed by atoms with Gasteiger partial charge in [-0.05, 0) is 50.6 Å². The Labute approximate surface area is 204 Å². The summed E-state index contributed by atoms with van der Waals surface area (Å²) in [5.41, 5.74) is 2.56. The number of hydrogen-bond donors (Lipinski definition) is 1. The third-order valence-corrected chi connectivity index (χ3v) is 7.05. The average Bonchev–Trinajstić information content (AvgIpc) is 3.01. The van der Waals surface area contributed by atoms with Crippen molar-refractivity contribution in [3.63, 3.8) is 0 Å². The van der Waals surface area contributed by atoms with Gasteiger partial charge in [-0.3, -0.25) is 14.5 Å². The Kier molecular flexibility index (Phi) is 7.48. The number of benzene rings is 2. The van der Waals surface area contributed by atoms with Crippen LogP contribution in [-0.4, -0.2) is 48.5 Å². The van der Waals surface area contributed by atoms with Gasteiger partial charge < -0.3 is 19.4 Å². The van der Waals surface area contributed by atoms with Crippen molar-refractivity contribution >= 4 is 40.2 Å². The summed E-state index contributed by atoms with van der Waals surface area (Å²) in [7, 11) is 3.59. The molecule has 0 saturated heterocycles. The van der Waals surface area contributed by atoms with E-state index in [1.54, 1.807) is 12.0 Å². The molecule has 0 spiro atoms. The van der Waals surface area contributed by atoms with Gasteiger partial charge in [0.15, 0.2) is 0 Å². The molecule has 0 fully saturated rings. The third-order valence-electron chi connectivity index (χ3n) is 5.89. The van der Waals surface area contributed by atoms with Gasteiger partial charge in [0.1, 0.15) is 11.8 Å². The van der Waals surface area contributed by atoms with Crippen molar-refractivity contribution in [2.75, 3.05) is 30.9 Å². The topological polar surface area (TPSA) is 72.8 Å². The van der Waals surface area contributed by atoms with Crippen LogP contribution in [0.3, 0.4) is 0 Å². The number of methoxy groups -OCH3 is 1. The highest BCUT2D eigenvalue weighted by Gasteiger charge is 2.39. The number of nitrogens with one attached hydrogen (secondary N) is 1. The van der Waals surface area contributed by atoms with E-state index in [9.17, 15) is 9.59 Å². The zero-order chi connectivity index (χ0) is 24.2. The predicted octanol–water partition coefficient (Wildman–Crippen LogP) is 4.30. The Morgan fingerprint density at radius 2 is 1.91 bits per heavy atom. The van der Waals surface area contributed by atoms with Crippen LogP contribution in [0.1, 0.15) is 31.9 Å². The molecule has 1 aromatic heterocycles. The maximum absolute atomic E-state index is 13.7. The summed E-state index contributed by atoms with van der Waals surface area (Å²) in [6.45, 7) is 5.02. The number of hydrogen-bond acceptors (Lipinski definition) is 5. The van der Waals surface area contributed by atoms with Gasteiger partial charge in [0.25, 0.3) is 0 Å². The smallest absolute Gasteiger partial charge is 0.247 e. The summed E-state index contributed by atoms with van der Waals surface area (Å²) >= 11 is 1.48. The van der Waals surface area contributed by atoms with Crippen molar-refractivity contribution in [3.8, 4) is 5.75 Å². The second-order valence-electron chi connectivity index (χ2n) is 8.51. The molecule has 7 nitrogen and oxygen atoms in total. The van der Waals surface area contributed by atoms with E-state index in [2.05, 4.69) is 9.88 Å². The highest BCUT2D eigenvalue weighted by Crippen LogP contribution is 2.43. The Morgan fingerprint density at radius 3 is 2.62 bits per heavy atom. The molecule has 1 atom stereocenters. The molecule has 0 saturated carbocycles. The third kappa shape index (κ3) is 4.79. The maximum Gasteiger partial charge on any atom is 0.247 e. The zero-order valence-electron chi connectivity index (χ0n) is 20.0. The van der Waals surface area contributed by atoms with Crippen molar-refractivity contribution in [3.05, 3.63) is 54.1 Å². The lowest BCUT2D eigenvalue weighted by atomic mass is 10.0. The number of aromatic nitrogens is 1. The van der Waals surface area contributed by atoms with Crippen molar-refractivity contribution in [2.45, 2.75) is 37.4 Å². The van der Waals surface area contributed by atoms with Gasteiger partial charge >= 0.3 is 0 Å². The summed E-state index contributed by atoms with van der Waals surface area (Å²) in [5.74, 6) is 0.625. The summed E-state index contributed by atoms with van der Waals surface area (Å²) in [5, 5.41) is 4.97. The summed E-state index contributed by atoms with van der Waals surface area (Å²) < 4.78 is 13.0. The molecule has 34 heavy (non-hydrogen) atoms. The van der Waals surface area contributed by atoms with Crippen molar-refractivity contribution in [2.24, 2.45) is 7.05 Å². The second kappa shape index (κ2) is 10.5. The molecule has 3 aromatic rings. The van der Waals surface area contributed by atoms with Crippen LogP contribution in [0, 0.1) is 0 Å². The molecule has 180 valence electrons. The van der Waals surface area contributed by atoms with Crippen LogP contribution in [-0.2, 0) is 21.4 Å². The Bertz CT molecular complexity index is 1170. The molecule has 0 bridgehead atoms. The van der Waals surface area contributed by atoms with Crippen LogP contribution < -0.4 is 15.0 Å². The lowest BCUT2D eigenvalue weighted by molar-refractivity contribution is -0.125. The second-order valence-corrected chi connectivity index (χ2v) is 9.48. The quantitative estimate of drug-likeness (QED) is 0.486. The maximum atomic E-state index is 13.7. The molecule has 0 radical (unpaired) electrons. The lowest BCUT2D eigenvalue weighted by Gasteiger charge is -2.30. The van der Waals surface area contributed by atoms with E-state index in [-0.39, 0.29) is 23.7 Å². The molecule has 2 amide bonds. The van der Waals surface area contributed by atoms with Crippen LogP contribution in [0.5, 0.6) is 5.75 Å². The van der Waals surface area contributed by atoms with Gasteiger partial charge in [-0.15, -0.1) is 0 Å². The number of para-hydroxylation sites is 1. The summed E-state index contributed by atoms with van der Waals surface area (Å²) in [4.78, 5) is 28.8. The van der Waals surface area contributed by atoms with E-state index in [0.29, 0.717) is 31.0 Å². The minimum atomic E-state index is -0.789. The van der Waals surface area contributed by atoms with Crippen molar-refractivity contribution in [1.82, 2.24) is 9.88 Å². The van der Waals surface area contributed by atoms with Gasteiger partial charge in [0.05, 0.1) is 24.0 Å². The van der Waals surface area contributed by atoms with Crippen LogP contribution in [0.2, 0.25) is 0 Å². The predicted molar refractivity (Wildman–Crippen MR) is 136 cm³/mol. The number of rotatable bonds is 8. The minimum absolute atomic E-state index is 0.112. The molecular weight excluding hydrogens is 450 g/mol. The molecule has 1 aliphatic heterocycles. The number of fused-ring (bicyclic) bond motifs is 3. The SMILES string of the molecule is COc1ccc(N2C(=O)CSc3c(c4ccccc4n3C)[C@@H]2C(=O)NCCCOC(C)C)cc1.